The van der Waals surface area contributed by atoms with E-state index in [-0.39, 0.29) is 5.78 Å². The second kappa shape index (κ2) is 3.90. The summed E-state index contributed by atoms with van der Waals surface area (Å²) >= 11 is 0. The fourth-order valence-corrected chi connectivity index (χ4v) is 1.23. The number of ketones is 1. The monoisotopic (exact) mass is 176 g/mol. The van der Waals surface area contributed by atoms with Crippen LogP contribution in [0.4, 0.5) is 0 Å². The summed E-state index contributed by atoms with van der Waals surface area (Å²) in [5, 5.41) is 0. The molecule has 0 radical (unpaired) electrons. The number of ether oxygens (including phenoxy) is 1. The quantitative estimate of drug-likeness (QED) is 0.522. The lowest BCUT2D eigenvalue weighted by molar-refractivity contribution is 0.104. The first-order valence-electron chi connectivity index (χ1n) is 4.01. The Morgan fingerprint density at radius 1 is 1.54 bits per heavy atom. The van der Waals surface area contributed by atoms with Crippen molar-refractivity contribution >= 4 is 5.78 Å². The van der Waals surface area contributed by atoms with Crippen LogP contribution in [-0.4, -0.2) is 12.9 Å². The molecule has 0 amide bonds. The van der Waals surface area contributed by atoms with E-state index >= 15 is 0 Å². The molecule has 0 aliphatic heterocycles. The molecule has 0 N–H and O–H groups in total. The first-order chi connectivity index (χ1) is 6.20. The molecule has 68 valence electrons. The molecule has 0 aliphatic carbocycles. The molecule has 2 nitrogen and oxygen atoms in total. The molecule has 0 heterocycles. The Balaban J connectivity index is 3.30. The standard InChI is InChI=1S/C11H12O2/c1-4-9(12)11-8(2)6-5-7-10(11)13-3/h4-7H,1H2,2-3H3. The summed E-state index contributed by atoms with van der Waals surface area (Å²) in [6.45, 7) is 5.32. The fraction of sp³-hybridized carbons (Fsp3) is 0.182. The van der Waals surface area contributed by atoms with Gasteiger partial charge in [0.25, 0.3) is 0 Å². The first-order valence-corrected chi connectivity index (χ1v) is 4.01. The average Bonchev–Trinajstić information content (AvgIpc) is 2.16. The molecule has 1 aromatic rings. The van der Waals surface area contributed by atoms with Gasteiger partial charge in [0.2, 0.25) is 0 Å². The molecule has 0 spiro atoms. The van der Waals surface area contributed by atoms with Gasteiger partial charge in [-0.3, -0.25) is 4.79 Å². The van der Waals surface area contributed by atoms with Crippen molar-refractivity contribution in [3.8, 4) is 5.75 Å². The van der Waals surface area contributed by atoms with Crippen molar-refractivity contribution in [2.75, 3.05) is 7.11 Å². The van der Waals surface area contributed by atoms with E-state index in [0.29, 0.717) is 11.3 Å². The molecule has 0 atom stereocenters. The van der Waals surface area contributed by atoms with Gasteiger partial charge in [-0.1, -0.05) is 18.7 Å². The Morgan fingerprint density at radius 2 is 2.23 bits per heavy atom. The smallest absolute Gasteiger partial charge is 0.189 e. The van der Waals surface area contributed by atoms with E-state index < -0.39 is 0 Å². The van der Waals surface area contributed by atoms with Crippen molar-refractivity contribution < 1.29 is 9.53 Å². The Morgan fingerprint density at radius 3 is 2.77 bits per heavy atom. The molecule has 1 aromatic carbocycles. The molecule has 1 rings (SSSR count). The van der Waals surface area contributed by atoms with Crippen molar-refractivity contribution in [1.29, 1.82) is 0 Å². The Kier molecular flexibility index (Phi) is 2.85. The molecule has 0 fully saturated rings. The van der Waals surface area contributed by atoms with Crippen LogP contribution in [0.1, 0.15) is 15.9 Å². The van der Waals surface area contributed by atoms with Crippen molar-refractivity contribution in [2.24, 2.45) is 0 Å². The second-order valence-electron chi connectivity index (χ2n) is 2.72. The van der Waals surface area contributed by atoms with Crippen molar-refractivity contribution in [3.63, 3.8) is 0 Å². The van der Waals surface area contributed by atoms with Crippen LogP contribution in [0.5, 0.6) is 5.75 Å². The highest BCUT2D eigenvalue weighted by Crippen LogP contribution is 2.22. The number of allylic oxidation sites excluding steroid dienone is 1. The predicted molar refractivity (Wildman–Crippen MR) is 52.3 cm³/mol. The van der Waals surface area contributed by atoms with Gasteiger partial charge in [0, 0.05) is 0 Å². The minimum atomic E-state index is -0.102. The molecule has 2 heteroatoms. The number of carbonyl (C=O) groups excluding carboxylic acids is 1. The minimum Gasteiger partial charge on any atom is -0.496 e. The van der Waals surface area contributed by atoms with Crippen LogP contribution in [0.15, 0.2) is 30.9 Å². The molecule has 0 unspecified atom stereocenters. The Bertz CT molecular complexity index is 340. The Hall–Kier alpha value is -1.57. The first kappa shape index (κ1) is 9.52. The van der Waals surface area contributed by atoms with E-state index in [9.17, 15) is 4.79 Å². The highest BCUT2D eigenvalue weighted by atomic mass is 16.5. The van der Waals surface area contributed by atoms with Crippen molar-refractivity contribution in [1.82, 2.24) is 0 Å². The number of aryl methyl sites for hydroxylation is 1. The molecular formula is C11H12O2. The molecule has 0 aliphatic rings. The number of hydrogen-bond donors (Lipinski definition) is 0. The van der Waals surface area contributed by atoms with Gasteiger partial charge in [0.15, 0.2) is 5.78 Å². The summed E-state index contributed by atoms with van der Waals surface area (Å²) < 4.78 is 5.08. The minimum absolute atomic E-state index is 0.102. The highest BCUT2D eigenvalue weighted by Gasteiger charge is 2.10. The van der Waals surface area contributed by atoms with Crippen LogP contribution in [0.3, 0.4) is 0 Å². The SMILES string of the molecule is C=CC(=O)c1c(C)cccc1OC. The van der Waals surface area contributed by atoms with E-state index in [2.05, 4.69) is 6.58 Å². The summed E-state index contributed by atoms with van der Waals surface area (Å²) in [7, 11) is 1.55. The van der Waals surface area contributed by atoms with Gasteiger partial charge in [-0.05, 0) is 24.6 Å². The third-order valence-corrected chi connectivity index (χ3v) is 1.89. The summed E-state index contributed by atoms with van der Waals surface area (Å²) in [6.07, 6.45) is 1.30. The van der Waals surface area contributed by atoms with E-state index in [1.165, 1.54) is 6.08 Å². The number of carbonyl (C=O) groups is 1. The van der Waals surface area contributed by atoms with E-state index in [4.69, 9.17) is 4.74 Å². The van der Waals surface area contributed by atoms with Crippen LogP contribution >= 0.6 is 0 Å². The summed E-state index contributed by atoms with van der Waals surface area (Å²) in [4.78, 5) is 11.4. The molecular weight excluding hydrogens is 164 g/mol. The van der Waals surface area contributed by atoms with Crippen molar-refractivity contribution in [3.05, 3.63) is 42.0 Å². The van der Waals surface area contributed by atoms with Gasteiger partial charge < -0.3 is 4.74 Å². The molecule has 0 saturated heterocycles. The van der Waals surface area contributed by atoms with E-state index in [1.54, 1.807) is 13.2 Å². The van der Waals surface area contributed by atoms with Crippen LogP contribution in [0.25, 0.3) is 0 Å². The zero-order valence-corrected chi connectivity index (χ0v) is 7.83. The third-order valence-electron chi connectivity index (χ3n) is 1.89. The van der Waals surface area contributed by atoms with Crippen molar-refractivity contribution in [2.45, 2.75) is 6.92 Å². The summed E-state index contributed by atoms with van der Waals surface area (Å²) in [5.41, 5.74) is 1.50. The van der Waals surface area contributed by atoms with Gasteiger partial charge in [0.1, 0.15) is 5.75 Å². The average molecular weight is 176 g/mol. The Labute approximate surface area is 77.8 Å². The lowest BCUT2D eigenvalue weighted by atomic mass is 10.0. The van der Waals surface area contributed by atoms with Gasteiger partial charge in [0.05, 0.1) is 12.7 Å². The zero-order valence-electron chi connectivity index (χ0n) is 7.83. The molecule has 0 aromatic heterocycles. The van der Waals surface area contributed by atoms with Crippen LogP contribution in [-0.2, 0) is 0 Å². The second-order valence-corrected chi connectivity index (χ2v) is 2.72. The van der Waals surface area contributed by atoms with E-state index in [0.717, 1.165) is 5.56 Å². The number of rotatable bonds is 3. The highest BCUT2D eigenvalue weighted by molar-refractivity contribution is 6.07. The van der Waals surface area contributed by atoms with Crippen LogP contribution in [0, 0.1) is 6.92 Å². The van der Waals surface area contributed by atoms with Gasteiger partial charge >= 0.3 is 0 Å². The maximum atomic E-state index is 11.4. The lowest BCUT2D eigenvalue weighted by Gasteiger charge is -2.07. The van der Waals surface area contributed by atoms with Gasteiger partial charge in [-0.15, -0.1) is 0 Å². The fourth-order valence-electron chi connectivity index (χ4n) is 1.23. The van der Waals surface area contributed by atoms with Crippen LogP contribution < -0.4 is 4.74 Å². The number of benzene rings is 1. The molecule has 13 heavy (non-hydrogen) atoms. The zero-order chi connectivity index (χ0) is 9.84. The lowest BCUT2D eigenvalue weighted by Crippen LogP contribution is -2.01. The normalized spacial score (nSPS) is 9.38. The topological polar surface area (TPSA) is 26.3 Å². The number of methoxy groups -OCH3 is 1. The van der Waals surface area contributed by atoms with Gasteiger partial charge in [-0.2, -0.15) is 0 Å². The third kappa shape index (κ3) is 1.78. The molecule has 0 saturated carbocycles. The largest absolute Gasteiger partial charge is 0.496 e. The van der Waals surface area contributed by atoms with Gasteiger partial charge in [-0.25, -0.2) is 0 Å². The summed E-state index contributed by atoms with van der Waals surface area (Å²) in [5.74, 6) is 0.500. The predicted octanol–water partition coefficient (Wildman–Crippen LogP) is 2.37. The number of hydrogen-bond acceptors (Lipinski definition) is 2. The van der Waals surface area contributed by atoms with E-state index in [1.807, 2.05) is 19.1 Å². The van der Waals surface area contributed by atoms with Crippen LogP contribution in [0.2, 0.25) is 0 Å². The molecule has 0 bridgehead atoms. The maximum Gasteiger partial charge on any atom is 0.189 e. The summed E-state index contributed by atoms with van der Waals surface area (Å²) in [6, 6.07) is 5.50. The maximum absolute atomic E-state index is 11.4.